The van der Waals surface area contributed by atoms with Crippen molar-refractivity contribution in [2.24, 2.45) is 0 Å². The molecule has 0 spiro atoms. The summed E-state index contributed by atoms with van der Waals surface area (Å²) in [5.41, 5.74) is 2.44. The summed E-state index contributed by atoms with van der Waals surface area (Å²) >= 11 is 5.84. The predicted molar refractivity (Wildman–Crippen MR) is 107 cm³/mol. The van der Waals surface area contributed by atoms with Crippen LogP contribution in [-0.4, -0.2) is 23.3 Å². The number of anilines is 1. The van der Waals surface area contributed by atoms with E-state index in [4.69, 9.17) is 11.6 Å². The average Bonchev–Trinajstić information content (AvgIpc) is 2.70. The van der Waals surface area contributed by atoms with Gasteiger partial charge in [-0.15, -0.1) is 0 Å². The second kappa shape index (κ2) is 9.33. The Labute approximate surface area is 163 Å². The van der Waals surface area contributed by atoms with E-state index in [0.29, 0.717) is 17.3 Å². The molecule has 2 amide bonds. The van der Waals surface area contributed by atoms with E-state index in [1.54, 1.807) is 42.5 Å². The number of hydrogen-bond acceptors (Lipinski definition) is 3. The molecule has 0 aliphatic heterocycles. The largest absolute Gasteiger partial charge is 0.350 e. The number of amides is 2. The number of hydrogen-bond donors (Lipinski definition) is 2. The summed E-state index contributed by atoms with van der Waals surface area (Å²) in [6.45, 7) is 0.577. The van der Waals surface area contributed by atoms with Gasteiger partial charge in [0.15, 0.2) is 0 Å². The summed E-state index contributed by atoms with van der Waals surface area (Å²) in [5, 5.41) is 6.21. The number of aromatic nitrogens is 1. The zero-order chi connectivity index (χ0) is 19.1. The van der Waals surface area contributed by atoms with Crippen LogP contribution in [0.15, 0.2) is 54.1 Å². The number of pyridine rings is 1. The Bertz CT molecular complexity index is 847. The van der Waals surface area contributed by atoms with Crippen molar-refractivity contribution in [2.45, 2.75) is 32.1 Å². The van der Waals surface area contributed by atoms with Crippen molar-refractivity contribution >= 4 is 29.1 Å². The maximum Gasteiger partial charge on any atom is 0.274 e. The van der Waals surface area contributed by atoms with E-state index in [9.17, 15) is 9.59 Å². The molecule has 140 valence electrons. The zero-order valence-corrected chi connectivity index (χ0v) is 15.8. The highest BCUT2D eigenvalue weighted by Gasteiger charge is 2.13. The maximum absolute atomic E-state index is 12.3. The third-order valence-electron chi connectivity index (χ3n) is 4.43. The first-order valence-electron chi connectivity index (χ1n) is 9.12. The minimum Gasteiger partial charge on any atom is -0.350 e. The first-order chi connectivity index (χ1) is 13.1. The van der Waals surface area contributed by atoms with Gasteiger partial charge in [0.1, 0.15) is 11.4 Å². The summed E-state index contributed by atoms with van der Waals surface area (Å²) < 4.78 is 0. The van der Waals surface area contributed by atoms with Gasteiger partial charge >= 0.3 is 0 Å². The maximum atomic E-state index is 12.3. The molecule has 0 radical (unpaired) electrons. The smallest absolute Gasteiger partial charge is 0.274 e. The Morgan fingerprint density at radius 2 is 1.74 bits per heavy atom. The Kier molecular flexibility index (Phi) is 6.60. The second-order valence-electron chi connectivity index (χ2n) is 6.48. The lowest BCUT2D eigenvalue weighted by atomic mass is 9.97. The molecule has 0 unspecified atom stereocenters. The fourth-order valence-corrected chi connectivity index (χ4v) is 3.10. The first kappa shape index (κ1) is 19.1. The molecule has 27 heavy (non-hydrogen) atoms. The van der Waals surface area contributed by atoms with Crippen LogP contribution in [0.3, 0.4) is 0 Å². The molecule has 0 saturated carbocycles. The molecule has 6 heteroatoms. The van der Waals surface area contributed by atoms with Crippen LogP contribution in [-0.2, 0) is 0 Å². The molecular weight excluding hydrogens is 362 g/mol. The van der Waals surface area contributed by atoms with Gasteiger partial charge < -0.3 is 10.6 Å². The van der Waals surface area contributed by atoms with Crippen molar-refractivity contribution in [1.82, 2.24) is 10.3 Å². The van der Waals surface area contributed by atoms with E-state index in [0.717, 1.165) is 19.3 Å². The van der Waals surface area contributed by atoms with E-state index < -0.39 is 0 Å². The summed E-state index contributed by atoms with van der Waals surface area (Å²) in [6.07, 6.45) is 7.87. The van der Waals surface area contributed by atoms with Crippen molar-refractivity contribution in [2.75, 3.05) is 11.9 Å². The molecule has 1 heterocycles. The van der Waals surface area contributed by atoms with E-state index in [2.05, 4.69) is 21.7 Å². The van der Waals surface area contributed by atoms with Gasteiger partial charge in [-0.1, -0.05) is 29.3 Å². The Hall–Kier alpha value is -2.66. The molecule has 2 aromatic rings. The van der Waals surface area contributed by atoms with Gasteiger partial charge in [0.2, 0.25) is 0 Å². The van der Waals surface area contributed by atoms with Crippen LogP contribution in [0.1, 0.15) is 53.1 Å². The Morgan fingerprint density at radius 1 is 1.00 bits per heavy atom. The quantitative estimate of drug-likeness (QED) is 0.715. The van der Waals surface area contributed by atoms with Crippen molar-refractivity contribution in [3.05, 3.63) is 70.5 Å². The van der Waals surface area contributed by atoms with Gasteiger partial charge in [-0.2, -0.15) is 0 Å². The molecule has 1 aliphatic rings. The van der Waals surface area contributed by atoms with Crippen molar-refractivity contribution in [1.29, 1.82) is 0 Å². The predicted octanol–water partition coefficient (Wildman–Crippen LogP) is 4.61. The molecule has 1 aliphatic carbocycles. The number of carbonyl (C=O) groups is 2. The molecule has 1 aromatic carbocycles. The minimum atomic E-state index is -0.376. The monoisotopic (exact) mass is 383 g/mol. The molecule has 0 atom stereocenters. The standard InChI is InChI=1S/C21H22ClN3O2/c22-16-9-11-17(12-10-16)24-21(27)19-8-4-7-18(25-19)20(26)23-14-13-15-5-2-1-3-6-15/h4-5,7-12H,1-3,6,13-14H2,(H,23,26)(H,24,27). The van der Waals surface area contributed by atoms with Gasteiger partial charge in [0.05, 0.1) is 0 Å². The summed E-state index contributed by atoms with van der Waals surface area (Å²) in [5.74, 6) is -0.646. The van der Waals surface area contributed by atoms with E-state index in [1.807, 2.05) is 0 Å². The van der Waals surface area contributed by atoms with Gasteiger partial charge in [0.25, 0.3) is 11.8 Å². The Morgan fingerprint density at radius 3 is 2.44 bits per heavy atom. The average molecular weight is 384 g/mol. The zero-order valence-electron chi connectivity index (χ0n) is 15.0. The third-order valence-corrected chi connectivity index (χ3v) is 4.69. The highest BCUT2D eigenvalue weighted by Crippen LogP contribution is 2.19. The van der Waals surface area contributed by atoms with Crippen LogP contribution < -0.4 is 10.6 Å². The van der Waals surface area contributed by atoms with Crippen molar-refractivity contribution < 1.29 is 9.59 Å². The lowest BCUT2D eigenvalue weighted by Gasteiger charge is -2.13. The summed E-state index contributed by atoms with van der Waals surface area (Å²) in [7, 11) is 0. The number of carbonyl (C=O) groups excluding carboxylic acids is 2. The lowest BCUT2D eigenvalue weighted by molar-refractivity contribution is 0.0949. The van der Waals surface area contributed by atoms with Crippen molar-refractivity contribution in [3.63, 3.8) is 0 Å². The third kappa shape index (κ3) is 5.66. The van der Waals surface area contributed by atoms with Crippen LogP contribution in [0, 0.1) is 0 Å². The van der Waals surface area contributed by atoms with Gasteiger partial charge in [-0.05, 0) is 68.5 Å². The van der Waals surface area contributed by atoms with Gasteiger partial charge in [-0.25, -0.2) is 4.98 Å². The molecule has 0 saturated heterocycles. The van der Waals surface area contributed by atoms with E-state index in [-0.39, 0.29) is 23.2 Å². The number of allylic oxidation sites excluding steroid dienone is 1. The molecule has 0 fully saturated rings. The van der Waals surface area contributed by atoms with Crippen LogP contribution in [0.4, 0.5) is 5.69 Å². The normalized spacial score (nSPS) is 13.6. The van der Waals surface area contributed by atoms with Crippen molar-refractivity contribution in [3.8, 4) is 0 Å². The summed E-state index contributed by atoms with van der Waals surface area (Å²) in [6, 6.07) is 11.6. The number of halogens is 1. The van der Waals surface area contributed by atoms with Crippen LogP contribution in [0.2, 0.25) is 5.02 Å². The first-order valence-corrected chi connectivity index (χ1v) is 9.50. The van der Waals surface area contributed by atoms with Crippen LogP contribution in [0.5, 0.6) is 0 Å². The molecule has 2 N–H and O–H groups in total. The minimum absolute atomic E-state index is 0.188. The van der Waals surface area contributed by atoms with E-state index >= 15 is 0 Å². The van der Waals surface area contributed by atoms with E-state index in [1.165, 1.54) is 18.4 Å². The molecular formula is C21H22ClN3O2. The fraction of sp³-hybridized carbons (Fsp3) is 0.286. The number of benzene rings is 1. The highest BCUT2D eigenvalue weighted by molar-refractivity contribution is 6.30. The van der Waals surface area contributed by atoms with Crippen LogP contribution >= 0.6 is 11.6 Å². The molecule has 1 aromatic heterocycles. The number of rotatable bonds is 6. The molecule has 5 nitrogen and oxygen atoms in total. The summed E-state index contributed by atoms with van der Waals surface area (Å²) in [4.78, 5) is 28.9. The van der Waals surface area contributed by atoms with Gasteiger partial charge in [0, 0.05) is 17.3 Å². The van der Waals surface area contributed by atoms with Crippen LogP contribution in [0.25, 0.3) is 0 Å². The molecule has 0 bridgehead atoms. The molecule has 3 rings (SSSR count). The Balaban J connectivity index is 1.57. The number of nitrogens with one attached hydrogen (secondary N) is 2. The topological polar surface area (TPSA) is 71.1 Å². The second-order valence-corrected chi connectivity index (χ2v) is 6.92. The fourth-order valence-electron chi connectivity index (χ4n) is 2.97. The highest BCUT2D eigenvalue weighted by atomic mass is 35.5. The number of nitrogens with zero attached hydrogens (tertiary/aromatic N) is 1. The lowest BCUT2D eigenvalue weighted by Crippen LogP contribution is -2.26. The van der Waals surface area contributed by atoms with Gasteiger partial charge in [-0.3, -0.25) is 9.59 Å². The SMILES string of the molecule is O=C(NCCC1=CCCCC1)c1cccc(C(=O)Nc2ccc(Cl)cc2)n1.